The van der Waals surface area contributed by atoms with Gasteiger partial charge in [0.25, 0.3) is 0 Å². The summed E-state index contributed by atoms with van der Waals surface area (Å²) in [5, 5.41) is 0. The number of allylic oxidation sites excluding steroid dienone is 1. The number of carbonyl (C=O) groups is 5. The van der Waals surface area contributed by atoms with Crippen LogP contribution in [0.2, 0.25) is 0 Å². The third kappa shape index (κ3) is 2.91. The molecule has 4 atom stereocenters. The summed E-state index contributed by atoms with van der Waals surface area (Å²) in [6.07, 6.45) is 1.55. The Balaban J connectivity index is 1.54. The van der Waals surface area contributed by atoms with Gasteiger partial charge in [0, 0.05) is 11.5 Å². The van der Waals surface area contributed by atoms with Gasteiger partial charge in [0.05, 0.1) is 46.5 Å². The number of halogens is 1. The highest BCUT2D eigenvalue weighted by molar-refractivity contribution is 9.10. The summed E-state index contributed by atoms with van der Waals surface area (Å²) in [7, 11) is 1.23. The van der Waals surface area contributed by atoms with Gasteiger partial charge >= 0.3 is 5.97 Å². The second-order valence-electron chi connectivity index (χ2n) is 10.0. The number of aryl methyl sites for hydroxylation is 2. The Bertz CT molecular complexity index is 1370. The number of anilines is 2. The van der Waals surface area contributed by atoms with Gasteiger partial charge in [-0.15, -0.1) is 0 Å². The highest BCUT2D eigenvalue weighted by Gasteiger charge is 2.76. The predicted octanol–water partition coefficient (Wildman–Crippen LogP) is 3.09. The molecule has 7 rings (SSSR count). The maximum Gasteiger partial charge on any atom is 0.333 e. The highest BCUT2D eigenvalue weighted by Crippen LogP contribution is 2.65. The van der Waals surface area contributed by atoms with E-state index in [-0.39, 0.29) is 5.57 Å². The summed E-state index contributed by atoms with van der Waals surface area (Å²) in [6.45, 7) is 3.60. The van der Waals surface area contributed by atoms with Gasteiger partial charge in [0.1, 0.15) is 0 Å². The van der Waals surface area contributed by atoms with Crippen LogP contribution in [0.3, 0.4) is 0 Å². The molecule has 2 aliphatic heterocycles. The Morgan fingerprint density at radius 2 is 1.19 bits per heavy atom. The number of amides is 4. The molecule has 4 amide bonds. The number of para-hydroxylation sites is 2. The molecule has 37 heavy (non-hydrogen) atoms. The van der Waals surface area contributed by atoms with Gasteiger partial charge < -0.3 is 4.74 Å². The van der Waals surface area contributed by atoms with Crippen molar-refractivity contribution in [3.8, 4) is 0 Å². The largest absolute Gasteiger partial charge is 0.466 e. The SMILES string of the molecule is COC(=O)C1=CC2(Br)[C@@H]3C(=O)N(c4ccccc4C)C(=O)[C@@H]3C1[C@H]1C(=O)N(c3ccccc3C)C(=O)[C@H]12. The first-order chi connectivity index (χ1) is 17.6. The molecule has 0 unspecified atom stereocenters. The quantitative estimate of drug-likeness (QED) is 0.323. The molecule has 2 saturated heterocycles. The molecule has 8 nitrogen and oxygen atoms in total. The first-order valence-corrected chi connectivity index (χ1v) is 12.8. The molecule has 9 heteroatoms. The van der Waals surface area contributed by atoms with Crippen LogP contribution in [0.15, 0.2) is 60.2 Å². The van der Waals surface area contributed by atoms with E-state index < -0.39 is 63.5 Å². The number of benzene rings is 2. The Morgan fingerprint density at radius 3 is 1.59 bits per heavy atom. The van der Waals surface area contributed by atoms with E-state index in [1.54, 1.807) is 56.3 Å². The molecule has 188 valence electrons. The van der Waals surface area contributed by atoms with Crippen molar-refractivity contribution in [1.82, 2.24) is 0 Å². The summed E-state index contributed by atoms with van der Waals surface area (Å²) in [6, 6.07) is 14.1. The minimum Gasteiger partial charge on any atom is -0.466 e. The fraction of sp³-hybridized carbons (Fsp3) is 0.321. The van der Waals surface area contributed by atoms with Crippen LogP contribution in [0.5, 0.6) is 0 Å². The summed E-state index contributed by atoms with van der Waals surface area (Å²) in [4.78, 5) is 71.1. The Morgan fingerprint density at radius 1 is 0.757 bits per heavy atom. The van der Waals surface area contributed by atoms with Gasteiger partial charge in [-0.05, 0) is 37.1 Å². The van der Waals surface area contributed by atoms with Crippen LogP contribution in [0.25, 0.3) is 0 Å². The number of rotatable bonds is 3. The zero-order chi connectivity index (χ0) is 26.4. The average Bonchev–Trinajstić information content (AvgIpc) is 3.31. The normalized spacial score (nSPS) is 32.0. The highest BCUT2D eigenvalue weighted by atomic mass is 79.9. The van der Waals surface area contributed by atoms with Crippen LogP contribution in [0, 0.1) is 43.4 Å². The van der Waals surface area contributed by atoms with Gasteiger partial charge in [-0.3, -0.25) is 19.2 Å². The zero-order valence-electron chi connectivity index (χ0n) is 20.3. The third-order valence-electron chi connectivity index (χ3n) is 8.30. The average molecular weight is 563 g/mol. The maximum absolute atomic E-state index is 14.0. The zero-order valence-corrected chi connectivity index (χ0v) is 21.9. The molecule has 3 aliphatic carbocycles. The lowest BCUT2D eigenvalue weighted by atomic mass is 9.52. The molecule has 5 aliphatic rings. The van der Waals surface area contributed by atoms with E-state index in [0.717, 1.165) is 20.9 Å². The topological polar surface area (TPSA) is 101 Å². The van der Waals surface area contributed by atoms with Crippen molar-refractivity contribution < 1.29 is 28.7 Å². The molecule has 1 saturated carbocycles. The van der Waals surface area contributed by atoms with Crippen LogP contribution >= 0.6 is 15.9 Å². The lowest BCUT2D eigenvalue weighted by Crippen LogP contribution is -2.61. The fourth-order valence-electron chi connectivity index (χ4n) is 6.77. The van der Waals surface area contributed by atoms with Crippen molar-refractivity contribution in [3.05, 3.63) is 71.3 Å². The Hall–Kier alpha value is -3.59. The third-order valence-corrected chi connectivity index (χ3v) is 9.51. The summed E-state index contributed by atoms with van der Waals surface area (Å²) in [5.74, 6) is -7.48. The number of imide groups is 2. The van der Waals surface area contributed by atoms with E-state index in [1.165, 1.54) is 7.11 Å². The lowest BCUT2D eigenvalue weighted by molar-refractivity contribution is -0.143. The molecule has 0 radical (unpaired) electrons. The molecular weight excluding hydrogens is 540 g/mol. The molecule has 0 spiro atoms. The molecule has 2 aromatic rings. The molecular formula is C28H23BrN2O6. The van der Waals surface area contributed by atoms with E-state index in [1.807, 2.05) is 12.1 Å². The van der Waals surface area contributed by atoms with E-state index in [0.29, 0.717) is 11.4 Å². The van der Waals surface area contributed by atoms with E-state index in [9.17, 15) is 24.0 Å². The predicted molar refractivity (Wildman–Crippen MR) is 137 cm³/mol. The number of carbonyl (C=O) groups excluding carboxylic acids is 5. The summed E-state index contributed by atoms with van der Waals surface area (Å²) in [5.41, 5.74) is 2.51. The van der Waals surface area contributed by atoms with Crippen LogP contribution in [-0.2, 0) is 28.7 Å². The van der Waals surface area contributed by atoms with E-state index in [2.05, 4.69) is 15.9 Å². The second-order valence-corrected chi connectivity index (χ2v) is 11.4. The number of hydrogen-bond donors (Lipinski definition) is 0. The standard InChI is InChI=1S/C28H23BrN2O6/c1-13-8-4-6-10-16(13)30-23(32)19-18-15(27(36)37-3)12-28(29,21(19)25(30)34)22-20(18)24(33)31(26(22)35)17-11-7-5-9-14(17)2/h4-12,18-22H,1-3H3/t18?,19-,20-,21+,22+,28?/m1/s1. The van der Waals surface area contributed by atoms with Gasteiger partial charge in [0.2, 0.25) is 23.6 Å². The van der Waals surface area contributed by atoms with Crippen molar-refractivity contribution in [2.75, 3.05) is 16.9 Å². The number of nitrogens with zero attached hydrogens (tertiary/aromatic N) is 2. The van der Waals surface area contributed by atoms with Crippen molar-refractivity contribution in [1.29, 1.82) is 0 Å². The van der Waals surface area contributed by atoms with Crippen LogP contribution in [0.1, 0.15) is 11.1 Å². The molecule has 2 heterocycles. The summed E-state index contributed by atoms with van der Waals surface area (Å²) < 4.78 is 3.60. The van der Waals surface area contributed by atoms with Crippen molar-refractivity contribution >= 4 is 56.9 Å². The van der Waals surface area contributed by atoms with Gasteiger partial charge in [-0.2, -0.15) is 0 Å². The van der Waals surface area contributed by atoms with Gasteiger partial charge in [0.15, 0.2) is 0 Å². The van der Waals surface area contributed by atoms with Crippen molar-refractivity contribution in [3.63, 3.8) is 0 Å². The number of ether oxygens (including phenoxy) is 1. The van der Waals surface area contributed by atoms with Gasteiger partial charge in [-0.25, -0.2) is 14.6 Å². The minimum absolute atomic E-state index is 0.141. The first-order valence-electron chi connectivity index (χ1n) is 12.0. The molecule has 3 fully saturated rings. The number of alkyl halides is 1. The lowest BCUT2D eigenvalue weighted by Gasteiger charge is -2.51. The van der Waals surface area contributed by atoms with Crippen LogP contribution in [0.4, 0.5) is 11.4 Å². The minimum atomic E-state index is -1.42. The smallest absolute Gasteiger partial charge is 0.333 e. The van der Waals surface area contributed by atoms with Crippen molar-refractivity contribution in [2.24, 2.45) is 29.6 Å². The number of hydrogen-bond acceptors (Lipinski definition) is 6. The van der Waals surface area contributed by atoms with Crippen LogP contribution in [-0.4, -0.2) is 41.0 Å². The fourth-order valence-corrected chi connectivity index (χ4v) is 7.98. The molecule has 0 N–H and O–H groups in total. The summed E-state index contributed by atoms with van der Waals surface area (Å²) >= 11 is 3.67. The first kappa shape index (κ1) is 23.8. The maximum atomic E-state index is 14.0. The number of esters is 1. The monoisotopic (exact) mass is 562 g/mol. The molecule has 2 bridgehead atoms. The van der Waals surface area contributed by atoms with Gasteiger partial charge in [-0.1, -0.05) is 58.4 Å². The molecule has 0 aromatic heterocycles. The Kier molecular flexibility index (Phi) is 5.11. The van der Waals surface area contributed by atoms with E-state index in [4.69, 9.17) is 4.74 Å². The number of methoxy groups -OCH3 is 1. The molecule has 2 aromatic carbocycles. The van der Waals surface area contributed by atoms with E-state index >= 15 is 0 Å². The van der Waals surface area contributed by atoms with Crippen molar-refractivity contribution in [2.45, 2.75) is 18.2 Å². The Labute approximate surface area is 221 Å². The second kappa shape index (κ2) is 7.95. The van der Waals surface area contributed by atoms with Crippen LogP contribution < -0.4 is 9.80 Å².